The van der Waals surface area contributed by atoms with E-state index in [1.165, 1.54) is 6.42 Å². The number of hydrogen-bond donors (Lipinski definition) is 0. The minimum Gasteiger partial charge on any atom is -0.366 e. The summed E-state index contributed by atoms with van der Waals surface area (Å²) in [7, 11) is 0. The smallest absolute Gasteiger partial charge is 0.278 e. The van der Waals surface area contributed by atoms with Crippen LogP contribution < -0.4 is 0 Å². The van der Waals surface area contributed by atoms with Crippen molar-refractivity contribution >= 4 is 29.0 Å². The normalized spacial score (nSPS) is 22.9. The number of nitrogens with zero attached hydrogens (tertiary/aromatic N) is 2. The summed E-state index contributed by atoms with van der Waals surface area (Å²) in [5, 5.41) is 0.633. The second kappa shape index (κ2) is 7.67. The molecule has 0 atom stereocenters. The van der Waals surface area contributed by atoms with Gasteiger partial charge in [-0.05, 0) is 49.3 Å². The first kappa shape index (κ1) is 18.5. The first-order chi connectivity index (χ1) is 13.1. The number of rotatable bonds is 3. The van der Waals surface area contributed by atoms with Gasteiger partial charge in [-0.15, -0.1) is 0 Å². The third kappa shape index (κ3) is 3.52. The van der Waals surface area contributed by atoms with Crippen LogP contribution in [0.1, 0.15) is 57.4 Å². The summed E-state index contributed by atoms with van der Waals surface area (Å²) in [6, 6.07) is 7.35. The fraction of sp³-hybridized carbons (Fsp3) is 0.545. The average molecular weight is 387 g/mol. The maximum Gasteiger partial charge on any atom is 0.278 e. The topological polar surface area (TPSA) is 40.6 Å². The Morgan fingerprint density at radius 2 is 1.52 bits per heavy atom. The van der Waals surface area contributed by atoms with Crippen LogP contribution in [0.25, 0.3) is 5.57 Å². The van der Waals surface area contributed by atoms with Gasteiger partial charge in [-0.3, -0.25) is 14.5 Å². The van der Waals surface area contributed by atoms with Crippen LogP contribution in [0.2, 0.25) is 5.02 Å². The number of likely N-dealkylation sites (tertiary alicyclic amines) is 1. The van der Waals surface area contributed by atoms with Gasteiger partial charge in [-0.1, -0.05) is 49.9 Å². The van der Waals surface area contributed by atoms with E-state index in [1.807, 2.05) is 12.1 Å². The molecule has 2 aliphatic heterocycles. The number of halogens is 1. The lowest BCUT2D eigenvalue weighted by Gasteiger charge is -2.34. The molecule has 1 aromatic carbocycles. The molecule has 2 amide bonds. The van der Waals surface area contributed by atoms with E-state index in [0.29, 0.717) is 22.2 Å². The average Bonchev–Trinajstić information content (AvgIpc) is 2.94. The highest BCUT2D eigenvalue weighted by Gasteiger charge is 2.45. The van der Waals surface area contributed by atoms with Crippen molar-refractivity contribution < 1.29 is 9.59 Å². The van der Waals surface area contributed by atoms with Gasteiger partial charge < -0.3 is 4.90 Å². The molecule has 1 saturated heterocycles. The van der Waals surface area contributed by atoms with Gasteiger partial charge in [-0.25, -0.2) is 0 Å². The maximum atomic E-state index is 13.4. The number of imide groups is 1. The van der Waals surface area contributed by atoms with Crippen molar-refractivity contribution in [3.63, 3.8) is 0 Å². The Morgan fingerprint density at radius 1 is 0.889 bits per heavy atom. The van der Waals surface area contributed by atoms with Gasteiger partial charge in [0.05, 0.1) is 5.57 Å². The van der Waals surface area contributed by atoms with E-state index < -0.39 is 0 Å². The fourth-order valence-corrected chi connectivity index (χ4v) is 4.73. The van der Waals surface area contributed by atoms with Crippen molar-refractivity contribution in [2.24, 2.45) is 5.92 Å². The van der Waals surface area contributed by atoms with E-state index in [1.54, 1.807) is 17.0 Å². The van der Waals surface area contributed by atoms with Gasteiger partial charge in [0.1, 0.15) is 5.70 Å². The van der Waals surface area contributed by atoms with Crippen molar-refractivity contribution in [2.45, 2.75) is 57.9 Å². The van der Waals surface area contributed by atoms with E-state index in [9.17, 15) is 9.59 Å². The van der Waals surface area contributed by atoms with Crippen LogP contribution in [-0.4, -0.2) is 40.7 Å². The molecule has 1 aliphatic carbocycles. The lowest BCUT2D eigenvalue weighted by Crippen LogP contribution is -2.44. The Kier molecular flexibility index (Phi) is 5.27. The number of carbonyl (C=O) groups excluding carboxylic acids is 2. The third-order valence-electron chi connectivity index (χ3n) is 6.26. The molecule has 0 spiro atoms. The second-order valence-electron chi connectivity index (χ2n) is 8.17. The number of piperidine rings is 1. The van der Waals surface area contributed by atoms with Gasteiger partial charge in [0, 0.05) is 24.2 Å². The summed E-state index contributed by atoms with van der Waals surface area (Å²) >= 11 is 6.05. The first-order valence-electron chi connectivity index (χ1n) is 10.2. The van der Waals surface area contributed by atoms with Gasteiger partial charge in [0.2, 0.25) is 0 Å². The number of carbonyl (C=O) groups is 2. The monoisotopic (exact) mass is 386 g/mol. The molecule has 4 nitrogen and oxygen atoms in total. The molecule has 2 fully saturated rings. The molecule has 1 aromatic rings. The van der Waals surface area contributed by atoms with Crippen molar-refractivity contribution in [1.29, 1.82) is 0 Å². The quantitative estimate of drug-likeness (QED) is 0.719. The van der Waals surface area contributed by atoms with Crippen LogP contribution >= 0.6 is 11.6 Å². The predicted molar refractivity (Wildman–Crippen MR) is 107 cm³/mol. The molecular formula is C22H27ClN2O2. The summed E-state index contributed by atoms with van der Waals surface area (Å²) in [5.74, 6) is 0.455. The summed E-state index contributed by atoms with van der Waals surface area (Å²) in [5.41, 5.74) is 1.97. The highest BCUT2D eigenvalue weighted by molar-refractivity contribution is 6.36. The minimum atomic E-state index is -0.122. The summed E-state index contributed by atoms with van der Waals surface area (Å²) in [4.78, 5) is 30.5. The number of hydrogen-bond acceptors (Lipinski definition) is 3. The second-order valence-corrected chi connectivity index (χ2v) is 8.61. The molecule has 0 unspecified atom stereocenters. The molecule has 4 rings (SSSR count). The van der Waals surface area contributed by atoms with Crippen LogP contribution in [0.5, 0.6) is 0 Å². The molecule has 5 heteroatoms. The Balaban J connectivity index is 1.73. The Hall–Kier alpha value is -1.81. The number of amides is 2. The van der Waals surface area contributed by atoms with Crippen molar-refractivity contribution in [2.75, 3.05) is 13.1 Å². The molecule has 27 heavy (non-hydrogen) atoms. The van der Waals surface area contributed by atoms with Gasteiger partial charge in [0.15, 0.2) is 0 Å². The van der Waals surface area contributed by atoms with Crippen LogP contribution in [0.4, 0.5) is 0 Å². The number of benzene rings is 1. The minimum absolute atomic E-state index is 0.0438. The largest absolute Gasteiger partial charge is 0.366 e. The third-order valence-corrected chi connectivity index (χ3v) is 6.52. The zero-order valence-corrected chi connectivity index (χ0v) is 16.7. The predicted octanol–water partition coefficient (Wildman–Crippen LogP) is 4.48. The zero-order valence-electron chi connectivity index (χ0n) is 15.9. The molecule has 3 aliphatic rings. The first-order valence-corrected chi connectivity index (χ1v) is 10.6. The highest BCUT2D eigenvalue weighted by Crippen LogP contribution is 2.37. The molecule has 0 radical (unpaired) electrons. The zero-order chi connectivity index (χ0) is 19.0. The van der Waals surface area contributed by atoms with Crippen LogP contribution in [0, 0.1) is 5.92 Å². The van der Waals surface area contributed by atoms with Crippen molar-refractivity contribution in [1.82, 2.24) is 9.80 Å². The Morgan fingerprint density at radius 3 is 2.15 bits per heavy atom. The van der Waals surface area contributed by atoms with Crippen LogP contribution in [0.3, 0.4) is 0 Å². The molecule has 2 heterocycles. The summed E-state index contributed by atoms with van der Waals surface area (Å²) in [6.07, 6.45) is 7.35. The molecule has 1 saturated carbocycles. The van der Waals surface area contributed by atoms with E-state index in [0.717, 1.165) is 57.2 Å². The van der Waals surface area contributed by atoms with E-state index in [2.05, 4.69) is 11.8 Å². The van der Waals surface area contributed by atoms with E-state index in [4.69, 9.17) is 11.6 Å². The van der Waals surface area contributed by atoms with Gasteiger partial charge in [0.25, 0.3) is 11.8 Å². The van der Waals surface area contributed by atoms with Crippen molar-refractivity contribution in [3.8, 4) is 0 Å². The standard InChI is InChI=1S/C22H27ClN2O2/c1-15-11-13-24(14-12-15)20-19(16-7-9-17(23)10-8-16)21(26)25(22(20)27)18-5-3-2-4-6-18/h7-10,15,18H,2-6,11-14H2,1H3. The van der Waals surface area contributed by atoms with Crippen LogP contribution in [-0.2, 0) is 9.59 Å². The fourth-order valence-electron chi connectivity index (χ4n) is 4.61. The van der Waals surface area contributed by atoms with Crippen molar-refractivity contribution in [3.05, 3.63) is 40.5 Å². The Labute approximate surface area is 166 Å². The lowest BCUT2D eigenvalue weighted by atomic mass is 9.94. The summed E-state index contributed by atoms with van der Waals surface area (Å²) < 4.78 is 0. The molecule has 0 aromatic heterocycles. The maximum absolute atomic E-state index is 13.4. The molecule has 0 N–H and O–H groups in total. The van der Waals surface area contributed by atoms with Crippen LogP contribution in [0.15, 0.2) is 30.0 Å². The SMILES string of the molecule is CC1CCN(C2=C(c3ccc(Cl)cc3)C(=O)N(C3CCCCC3)C2=O)CC1. The highest BCUT2D eigenvalue weighted by atomic mass is 35.5. The molecule has 144 valence electrons. The van der Waals surface area contributed by atoms with E-state index >= 15 is 0 Å². The van der Waals surface area contributed by atoms with Gasteiger partial charge in [-0.2, -0.15) is 0 Å². The summed E-state index contributed by atoms with van der Waals surface area (Å²) in [6.45, 7) is 3.93. The Bertz CT molecular complexity index is 757. The lowest BCUT2D eigenvalue weighted by molar-refractivity contribution is -0.141. The molecule has 0 bridgehead atoms. The van der Waals surface area contributed by atoms with Gasteiger partial charge >= 0.3 is 0 Å². The van der Waals surface area contributed by atoms with E-state index in [-0.39, 0.29) is 17.9 Å². The molecular weight excluding hydrogens is 360 g/mol.